The standard InChI is InChI=1S/C14H12ClNO2S2/c1-8-4-12-10(6-11(8)15)9(5-13(17)18-12)7-20-14-16-2-3-19-14/h4-6H,2-3,7H2,1H3. The first kappa shape index (κ1) is 14.0. The highest BCUT2D eigenvalue weighted by Crippen LogP contribution is 2.30. The van der Waals surface area contributed by atoms with Gasteiger partial charge in [0.05, 0.1) is 6.54 Å². The summed E-state index contributed by atoms with van der Waals surface area (Å²) in [6.07, 6.45) is 0. The van der Waals surface area contributed by atoms with Crippen LogP contribution in [0.5, 0.6) is 0 Å². The summed E-state index contributed by atoms with van der Waals surface area (Å²) in [5.41, 5.74) is 2.12. The van der Waals surface area contributed by atoms with Crippen molar-refractivity contribution in [2.45, 2.75) is 12.7 Å². The molecule has 6 heteroatoms. The van der Waals surface area contributed by atoms with Crippen LogP contribution in [0, 0.1) is 6.92 Å². The van der Waals surface area contributed by atoms with Crippen LogP contribution in [0.1, 0.15) is 11.1 Å². The van der Waals surface area contributed by atoms with Gasteiger partial charge in [0.25, 0.3) is 0 Å². The number of aliphatic imine (C=N–C) groups is 1. The van der Waals surface area contributed by atoms with E-state index in [9.17, 15) is 4.79 Å². The monoisotopic (exact) mass is 325 g/mol. The van der Waals surface area contributed by atoms with E-state index in [0.717, 1.165) is 33.2 Å². The second-order valence-corrected chi connectivity index (χ2v) is 7.19. The third-order valence-corrected chi connectivity index (χ3v) is 5.73. The van der Waals surface area contributed by atoms with E-state index >= 15 is 0 Å². The van der Waals surface area contributed by atoms with Crippen LogP contribution in [0.3, 0.4) is 0 Å². The summed E-state index contributed by atoms with van der Waals surface area (Å²) in [5.74, 6) is 1.75. The van der Waals surface area contributed by atoms with Gasteiger partial charge in [-0.25, -0.2) is 4.79 Å². The summed E-state index contributed by atoms with van der Waals surface area (Å²) in [5, 5.41) is 1.58. The molecule has 1 aromatic carbocycles. The van der Waals surface area contributed by atoms with Crippen LogP contribution in [0.15, 0.2) is 32.4 Å². The highest BCUT2D eigenvalue weighted by Gasteiger charge is 2.12. The van der Waals surface area contributed by atoms with Crippen molar-refractivity contribution in [1.82, 2.24) is 0 Å². The number of hydrogen-bond acceptors (Lipinski definition) is 5. The van der Waals surface area contributed by atoms with Crippen molar-refractivity contribution in [3.8, 4) is 0 Å². The molecule has 0 saturated heterocycles. The van der Waals surface area contributed by atoms with E-state index in [-0.39, 0.29) is 5.63 Å². The largest absolute Gasteiger partial charge is 0.423 e. The van der Waals surface area contributed by atoms with E-state index in [4.69, 9.17) is 16.0 Å². The summed E-state index contributed by atoms with van der Waals surface area (Å²) in [7, 11) is 0. The summed E-state index contributed by atoms with van der Waals surface area (Å²) in [6, 6.07) is 5.23. The topological polar surface area (TPSA) is 42.6 Å². The highest BCUT2D eigenvalue weighted by molar-refractivity contribution is 8.38. The van der Waals surface area contributed by atoms with Gasteiger partial charge < -0.3 is 4.42 Å². The lowest BCUT2D eigenvalue weighted by atomic mass is 10.1. The number of benzene rings is 1. The average molecular weight is 326 g/mol. The van der Waals surface area contributed by atoms with Crippen molar-refractivity contribution in [1.29, 1.82) is 0 Å². The summed E-state index contributed by atoms with van der Waals surface area (Å²) in [6.45, 7) is 2.78. The molecule has 0 fully saturated rings. The summed E-state index contributed by atoms with van der Waals surface area (Å²) >= 11 is 9.59. The average Bonchev–Trinajstić information content (AvgIpc) is 2.91. The number of hydrogen-bond donors (Lipinski definition) is 0. The normalized spacial score (nSPS) is 14.8. The van der Waals surface area contributed by atoms with Crippen LogP contribution in [0.25, 0.3) is 11.0 Å². The number of rotatable bonds is 2. The maximum Gasteiger partial charge on any atom is 0.336 e. The maximum absolute atomic E-state index is 11.7. The number of nitrogens with zero attached hydrogens (tertiary/aromatic N) is 1. The van der Waals surface area contributed by atoms with E-state index < -0.39 is 0 Å². The van der Waals surface area contributed by atoms with Crippen molar-refractivity contribution in [2.24, 2.45) is 4.99 Å². The minimum atomic E-state index is -0.323. The van der Waals surface area contributed by atoms with Crippen LogP contribution in [-0.2, 0) is 5.75 Å². The zero-order valence-electron chi connectivity index (χ0n) is 10.8. The van der Waals surface area contributed by atoms with Gasteiger partial charge in [0.2, 0.25) is 0 Å². The molecule has 20 heavy (non-hydrogen) atoms. The van der Waals surface area contributed by atoms with Crippen LogP contribution >= 0.6 is 35.1 Å². The van der Waals surface area contributed by atoms with Crippen molar-refractivity contribution >= 4 is 50.5 Å². The molecule has 0 saturated carbocycles. The minimum Gasteiger partial charge on any atom is -0.423 e. The molecular formula is C14H12ClNO2S2. The predicted molar refractivity (Wildman–Crippen MR) is 88.3 cm³/mol. The van der Waals surface area contributed by atoms with Crippen molar-refractivity contribution in [3.05, 3.63) is 44.8 Å². The molecule has 3 nitrogen and oxygen atoms in total. The van der Waals surface area contributed by atoms with Crippen LogP contribution in [-0.4, -0.2) is 16.7 Å². The Morgan fingerprint density at radius 2 is 2.30 bits per heavy atom. The molecular weight excluding hydrogens is 314 g/mol. The molecule has 2 heterocycles. The Morgan fingerprint density at radius 3 is 3.05 bits per heavy atom. The predicted octanol–water partition coefficient (Wildman–Crippen LogP) is 4.09. The van der Waals surface area contributed by atoms with Crippen LogP contribution < -0.4 is 5.63 Å². The molecule has 0 amide bonds. The Kier molecular flexibility index (Phi) is 4.10. The van der Waals surface area contributed by atoms with Gasteiger partial charge in [-0.2, -0.15) is 0 Å². The molecule has 1 aromatic heterocycles. The van der Waals surface area contributed by atoms with Gasteiger partial charge in [-0.05, 0) is 30.2 Å². The number of aryl methyl sites for hydroxylation is 1. The third-order valence-electron chi connectivity index (χ3n) is 3.02. The zero-order valence-corrected chi connectivity index (χ0v) is 13.2. The molecule has 3 rings (SSSR count). The molecule has 0 aliphatic carbocycles. The molecule has 0 bridgehead atoms. The number of fused-ring (bicyclic) bond motifs is 1. The first-order valence-corrected chi connectivity index (χ1v) is 8.51. The Morgan fingerprint density at radius 1 is 1.45 bits per heavy atom. The molecule has 0 atom stereocenters. The van der Waals surface area contributed by atoms with Crippen LogP contribution in [0.4, 0.5) is 0 Å². The van der Waals surface area contributed by atoms with Gasteiger partial charge in [0.1, 0.15) is 9.96 Å². The molecule has 1 aliphatic heterocycles. The molecule has 0 unspecified atom stereocenters. The molecule has 0 N–H and O–H groups in total. The second kappa shape index (κ2) is 5.84. The SMILES string of the molecule is Cc1cc2oc(=O)cc(CSC3=NCCS3)c2cc1Cl. The van der Waals surface area contributed by atoms with Gasteiger partial charge in [-0.3, -0.25) is 4.99 Å². The first-order valence-electron chi connectivity index (χ1n) is 6.16. The van der Waals surface area contributed by atoms with Gasteiger partial charge in [-0.15, -0.1) is 0 Å². The smallest absolute Gasteiger partial charge is 0.336 e. The van der Waals surface area contributed by atoms with Crippen LogP contribution in [0.2, 0.25) is 5.02 Å². The lowest BCUT2D eigenvalue weighted by Gasteiger charge is -2.07. The van der Waals surface area contributed by atoms with Gasteiger partial charge in [0, 0.05) is 28.0 Å². The van der Waals surface area contributed by atoms with Gasteiger partial charge >= 0.3 is 5.63 Å². The van der Waals surface area contributed by atoms with E-state index in [1.807, 2.05) is 19.1 Å². The molecule has 0 spiro atoms. The molecule has 1 aliphatic rings. The second-order valence-electron chi connectivity index (χ2n) is 4.47. The summed E-state index contributed by atoms with van der Waals surface area (Å²) < 4.78 is 6.34. The van der Waals surface area contributed by atoms with Crippen molar-refractivity contribution < 1.29 is 4.42 Å². The quantitative estimate of drug-likeness (QED) is 0.780. The maximum atomic E-state index is 11.7. The van der Waals surface area contributed by atoms with Crippen molar-refractivity contribution in [3.63, 3.8) is 0 Å². The lowest BCUT2D eigenvalue weighted by Crippen LogP contribution is -2.00. The zero-order chi connectivity index (χ0) is 14.1. The number of thioether (sulfide) groups is 2. The minimum absolute atomic E-state index is 0.323. The van der Waals surface area contributed by atoms with E-state index in [1.165, 1.54) is 0 Å². The van der Waals surface area contributed by atoms with Crippen molar-refractivity contribution in [2.75, 3.05) is 12.3 Å². The molecule has 104 valence electrons. The third kappa shape index (κ3) is 2.90. The fourth-order valence-electron chi connectivity index (χ4n) is 2.01. The Labute approximate surface area is 129 Å². The number of halogens is 1. The Balaban J connectivity index is 2.00. The fraction of sp³-hybridized carbons (Fsp3) is 0.286. The molecule has 2 aromatic rings. The van der Waals surface area contributed by atoms with E-state index in [1.54, 1.807) is 29.6 Å². The lowest BCUT2D eigenvalue weighted by molar-refractivity contribution is 0.559. The van der Waals surface area contributed by atoms with Gasteiger partial charge in [-0.1, -0.05) is 35.1 Å². The molecule has 0 radical (unpaired) electrons. The fourth-order valence-corrected chi connectivity index (χ4v) is 4.17. The van der Waals surface area contributed by atoms with Gasteiger partial charge in [0.15, 0.2) is 0 Å². The Hall–Kier alpha value is -0.910. The van der Waals surface area contributed by atoms with E-state index in [0.29, 0.717) is 16.4 Å². The first-order chi connectivity index (χ1) is 9.63. The Bertz CT molecular complexity index is 755. The van der Waals surface area contributed by atoms with E-state index in [2.05, 4.69) is 4.99 Å². The summed E-state index contributed by atoms with van der Waals surface area (Å²) in [4.78, 5) is 16.1. The highest BCUT2D eigenvalue weighted by atomic mass is 35.5.